The van der Waals surface area contributed by atoms with Gasteiger partial charge in [-0.2, -0.15) is 0 Å². The predicted molar refractivity (Wildman–Crippen MR) is 101 cm³/mol. The Morgan fingerprint density at radius 3 is 2.46 bits per heavy atom. The Labute approximate surface area is 144 Å². The third kappa shape index (κ3) is 3.03. The van der Waals surface area contributed by atoms with Crippen molar-refractivity contribution in [1.82, 2.24) is 9.55 Å². The van der Waals surface area contributed by atoms with Crippen LogP contribution in [0.3, 0.4) is 0 Å². The maximum atomic E-state index is 5.51. The first-order valence-corrected chi connectivity index (χ1v) is 8.79. The van der Waals surface area contributed by atoms with Crippen molar-refractivity contribution in [2.75, 3.05) is 7.11 Å². The summed E-state index contributed by atoms with van der Waals surface area (Å²) in [5, 5.41) is 0. The first kappa shape index (κ1) is 16.6. The molecule has 0 amide bonds. The smallest absolute Gasteiger partial charge is 0.146 e. The fraction of sp³-hybridized carbons (Fsp3) is 0.381. The molecule has 2 aromatic carbocycles. The molecule has 0 aliphatic carbocycles. The second-order valence-corrected chi connectivity index (χ2v) is 6.55. The lowest BCUT2D eigenvalue weighted by molar-refractivity contribution is 0.419. The minimum atomic E-state index is 0.540. The summed E-state index contributed by atoms with van der Waals surface area (Å²) in [5.74, 6) is 2.40. The van der Waals surface area contributed by atoms with Gasteiger partial charge in [0.25, 0.3) is 0 Å². The molecular formula is C21H26N2O. The maximum Gasteiger partial charge on any atom is 0.146 e. The number of aromatic nitrogens is 2. The molecule has 1 heterocycles. The summed E-state index contributed by atoms with van der Waals surface area (Å²) in [6, 6.07) is 14.9. The number of imidazole rings is 1. The van der Waals surface area contributed by atoms with E-state index in [1.54, 1.807) is 7.11 Å². The second kappa shape index (κ2) is 7.08. The normalized spacial score (nSPS) is 11.4. The summed E-state index contributed by atoms with van der Waals surface area (Å²) in [5.41, 5.74) is 4.60. The number of rotatable bonds is 6. The Balaban J connectivity index is 2.14. The van der Waals surface area contributed by atoms with Gasteiger partial charge in [0.2, 0.25) is 0 Å². The molecule has 0 saturated heterocycles. The number of fused-ring (bicyclic) bond motifs is 1. The van der Waals surface area contributed by atoms with E-state index in [2.05, 4.69) is 55.7 Å². The van der Waals surface area contributed by atoms with Gasteiger partial charge in [-0.15, -0.1) is 0 Å². The van der Waals surface area contributed by atoms with Crippen LogP contribution in [0.1, 0.15) is 45.1 Å². The summed E-state index contributed by atoms with van der Waals surface area (Å²) >= 11 is 0. The van der Waals surface area contributed by atoms with Crippen molar-refractivity contribution in [2.24, 2.45) is 0 Å². The summed E-state index contributed by atoms with van der Waals surface area (Å²) in [6.45, 7) is 7.63. The van der Waals surface area contributed by atoms with Gasteiger partial charge < -0.3 is 9.30 Å². The zero-order chi connectivity index (χ0) is 17.1. The lowest BCUT2D eigenvalue weighted by Crippen LogP contribution is -2.00. The third-order valence-electron chi connectivity index (χ3n) is 4.53. The summed E-state index contributed by atoms with van der Waals surface area (Å²) < 4.78 is 7.84. The summed E-state index contributed by atoms with van der Waals surface area (Å²) in [4.78, 5) is 4.92. The standard InChI is InChI=1S/C21H26N2O/c1-5-6-14-23-18-8-7-9-19(24-4)20(18)22-21(23)17-12-10-16(11-13-17)15(2)3/h7-13,15H,5-6,14H2,1-4H3. The first-order valence-electron chi connectivity index (χ1n) is 8.79. The van der Waals surface area contributed by atoms with Crippen molar-refractivity contribution in [1.29, 1.82) is 0 Å². The highest BCUT2D eigenvalue weighted by Gasteiger charge is 2.15. The van der Waals surface area contributed by atoms with Crippen LogP contribution in [0.4, 0.5) is 0 Å². The van der Waals surface area contributed by atoms with Crippen molar-refractivity contribution in [3.63, 3.8) is 0 Å². The summed E-state index contributed by atoms with van der Waals surface area (Å²) in [6.07, 6.45) is 2.30. The molecule has 0 aliphatic rings. The van der Waals surface area contributed by atoms with Crippen LogP contribution >= 0.6 is 0 Å². The van der Waals surface area contributed by atoms with Crippen LogP contribution in [0, 0.1) is 0 Å². The van der Waals surface area contributed by atoms with Gasteiger partial charge in [-0.3, -0.25) is 0 Å². The van der Waals surface area contributed by atoms with E-state index in [9.17, 15) is 0 Å². The van der Waals surface area contributed by atoms with Gasteiger partial charge >= 0.3 is 0 Å². The topological polar surface area (TPSA) is 27.1 Å². The number of benzene rings is 2. The number of nitrogens with zero attached hydrogens (tertiary/aromatic N) is 2. The average Bonchev–Trinajstić information content (AvgIpc) is 2.98. The quantitative estimate of drug-likeness (QED) is 0.587. The van der Waals surface area contributed by atoms with Crippen LogP contribution in [0.15, 0.2) is 42.5 Å². The van der Waals surface area contributed by atoms with Crippen LogP contribution in [-0.2, 0) is 6.54 Å². The molecule has 126 valence electrons. The minimum Gasteiger partial charge on any atom is -0.494 e. The number of ether oxygens (including phenoxy) is 1. The maximum absolute atomic E-state index is 5.51. The lowest BCUT2D eigenvalue weighted by atomic mass is 10.0. The van der Waals surface area contributed by atoms with E-state index in [0.29, 0.717) is 5.92 Å². The van der Waals surface area contributed by atoms with E-state index < -0.39 is 0 Å². The molecule has 3 nitrogen and oxygen atoms in total. The Morgan fingerprint density at radius 2 is 1.83 bits per heavy atom. The number of methoxy groups -OCH3 is 1. The molecule has 1 aromatic heterocycles. The molecule has 0 N–H and O–H groups in total. The predicted octanol–water partition coefficient (Wildman–Crippen LogP) is 5.64. The minimum absolute atomic E-state index is 0.540. The Kier molecular flexibility index (Phi) is 4.89. The molecule has 0 fully saturated rings. The van der Waals surface area contributed by atoms with Gasteiger partial charge in [-0.1, -0.05) is 57.5 Å². The van der Waals surface area contributed by atoms with Crippen LogP contribution in [0.2, 0.25) is 0 Å². The van der Waals surface area contributed by atoms with Crippen LogP contribution in [0.5, 0.6) is 5.75 Å². The Morgan fingerprint density at radius 1 is 1.08 bits per heavy atom. The van der Waals surface area contributed by atoms with E-state index >= 15 is 0 Å². The zero-order valence-corrected chi connectivity index (χ0v) is 15.0. The molecule has 3 heteroatoms. The molecule has 0 saturated carbocycles. The molecule has 3 aromatic rings. The number of hydrogen-bond donors (Lipinski definition) is 0. The van der Waals surface area contributed by atoms with Gasteiger partial charge in [-0.05, 0) is 30.0 Å². The number of para-hydroxylation sites is 1. The van der Waals surface area contributed by atoms with Crippen molar-refractivity contribution in [3.05, 3.63) is 48.0 Å². The van der Waals surface area contributed by atoms with E-state index in [4.69, 9.17) is 9.72 Å². The number of hydrogen-bond acceptors (Lipinski definition) is 2. The van der Waals surface area contributed by atoms with E-state index in [0.717, 1.165) is 47.6 Å². The second-order valence-electron chi connectivity index (χ2n) is 6.55. The highest BCUT2D eigenvalue weighted by molar-refractivity contribution is 5.86. The highest BCUT2D eigenvalue weighted by Crippen LogP contribution is 2.31. The molecule has 3 rings (SSSR count). The molecular weight excluding hydrogens is 296 g/mol. The Bertz CT molecular complexity index is 816. The van der Waals surface area contributed by atoms with Gasteiger partial charge in [-0.25, -0.2) is 4.98 Å². The van der Waals surface area contributed by atoms with Crippen molar-refractivity contribution in [3.8, 4) is 17.1 Å². The zero-order valence-electron chi connectivity index (χ0n) is 15.0. The van der Waals surface area contributed by atoms with Crippen LogP contribution < -0.4 is 4.74 Å². The molecule has 0 radical (unpaired) electrons. The van der Waals surface area contributed by atoms with Crippen LogP contribution in [-0.4, -0.2) is 16.7 Å². The van der Waals surface area contributed by atoms with Crippen molar-refractivity contribution >= 4 is 11.0 Å². The molecule has 24 heavy (non-hydrogen) atoms. The largest absolute Gasteiger partial charge is 0.494 e. The Hall–Kier alpha value is -2.29. The molecule has 0 bridgehead atoms. The average molecular weight is 322 g/mol. The fourth-order valence-electron chi connectivity index (χ4n) is 3.07. The van der Waals surface area contributed by atoms with Crippen molar-refractivity contribution in [2.45, 2.75) is 46.1 Å². The molecule has 0 spiro atoms. The van der Waals surface area contributed by atoms with Gasteiger partial charge in [0.05, 0.1) is 12.6 Å². The van der Waals surface area contributed by atoms with Crippen LogP contribution in [0.25, 0.3) is 22.4 Å². The molecule has 0 atom stereocenters. The van der Waals surface area contributed by atoms with Gasteiger partial charge in [0.15, 0.2) is 0 Å². The molecule has 0 aliphatic heterocycles. The van der Waals surface area contributed by atoms with Crippen molar-refractivity contribution < 1.29 is 4.74 Å². The van der Waals surface area contributed by atoms with Gasteiger partial charge in [0.1, 0.15) is 17.1 Å². The molecule has 0 unspecified atom stereocenters. The van der Waals surface area contributed by atoms with E-state index in [-0.39, 0.29) is 0 Å². The third-order valence-corrected chi connectivity index (χ3v) is 4.53. The SMILES string of the molecule is CCCCn1c(-c2ccc(C(C)C)cc2)nc2c(OC)cccc21. The van der Waals surface area contributed by atoms with E-state index in [1.807, 2.05) is 12.1 Å². The monoisotopic (exact) mass is 322 g/mol. The number of unbranched alkanes of at least 4 members (excludes halogenated alkanes) is 1. The summed E-state index contributed by atoms with van der Waals surface area (Å²) in [7, 11) is 1.71. The first-order chi connectivity index (χ1) is 11.7. The lowest BCUT2D eigenvalue weighted by Gasteiger charge is -2.10. The van der Waals surface area contributed by atoms with Gasteiger partial charge in [0, 0.05) is 12.1 Å². The highest BCUT2D eigenvalue weighted by atomic mass is 16.5. The van der Waals surface area contributed by atoms with E-state index in [1.165, 1.54) is 5.56 Å². The number of aryl methyl sites for hydroxylation is 1. The fourth-order valence-corrected chi connectivity index (χ4v) is 3.07.